The molecule has 1 aliphatic rings. The molecule has 0 aromatic heterocycles. The Kier molecular flexibility index (Phi) is 4.26. The summed E-state index contributed by atoms with van der Waals surface area (Å²) in [6.07, 6.45) is 2.40. The number of rotatable bonds is 4. The zero-order chi connectivity index (χ0) is 13.8. The third-order valence-corrected chi connectivity index (χ3v) is 4.20. The van der Waals surface area contributed by atoms with Gasteiger partial charge in [0.25, 0.3) is 0 Å². The lowest BCUT2D eigenvalue weighted by Crippen LogP contribution is -2.23. The van der Waals surface area contributed by atoms with E-state index in [-0.39, 0.29) is 0 Å². The molecule has 104 valence electrons. The van der Waals surface area contributed by atoms with Crippen LogP contribution in [-0.2, 0) is 13.0 Å². The fraction of sp³-hybridized carbons (Fsp3) is 0.294. The molecule has 0 amide bonds. The monoisotopic (exact) mass is 332 g/mol. The van der Waals surface area contributed by atoms with E-state index in [1.165, 1.54) is 11.1 Å². The molecule has 2 aromatic carbocycles. The van der Waals surface area contributed by atoms with Crippen molar-refractivity contribution in [1.82, 2.24) is 0 Å². The summed E-state index contributed by atoms with van der Waals surface area (Å²) >= 11 is 3.48. The van der Waals surface area contributed by atoms with Crippen molar-refractivity contribution in [3.05, 3.63) is 59.7 Å². The normalized spacial score (nSPS) is 17.1. The van der Waals surface area contributed by atoms with E-state index >= 15 is 0 Å². The van der Waals surface area contributed by atoms with Crippen LogP contribution in [0.1, 0.15) is 17.5 Å². The lowest BCUT2D eigenvalue weighted by Gasteiger charge is -2.25. The minimum atomic E-state index is 0.290. The van der Waals surface area contributed by atoms with E-state index in [1.54, 1.807) is 0 Å². The molecule has 0 fully saturated rings. The van der Waals surface area contributed by atoms with Crippen molar-refractivity contribution in [2.24, 2.45) is 0 Å². The van der Waals surface area contributed by atoms with Gasteiger partial charge in [-0.1, -0.05) is 46.3 Å². The van der Waals surface area contributed by atoms with Gasteiger partial charge in [0, 0.05) is 5.33 Å². The summed E-state index contributed by atoms with van der Waals surface area (Å²) in [4.78, 5) is 0. The third-order valence-electron chi connectivity index (χ3n) is 3.48. The number of fused-ring (bicyclic) bond motifs is 1. The molecule has 3 rings (SSSR count). The topological polar surface area (TPSA) is 18.5 Å². The molecule has 0 radical (unpaired) electrons. The molecule has 1 aliphatic heterocycles. The second-order valence-electron chi connectivity index (χ2n) is 4.98. The van der Waals surface area contributed by atoms with Crippen LogP contribution in [0.2, 0.25) is 0 Å². The first-order valence-corrected chi connectivity index (χ1v) is 7.99. The zero-order valence-corrected chi connectivity index (χ0v) is 12.8. The minimum absolute atomic E-state index is 0.290. The van der Waals surface area contributed by atoms with E-state index in [9.17, 15) is 0 Å². The predicted octanol–water partition coefficient (Wildman–Crippen LogP) is 4.35. The molecule has 1 heterocycles. The summed E-state index contributed by atoms with van der Waals surface area (Å²) in [5.41, 5.74) is 2.42. The molecule has 2 nitrogen and oxygen atoms in total. The maximum Gasteiger partial charge on any atom is 0.123 e. The second kappa shape index (κ2) is 6.31. The van der Waals surface area contributed by atoms with Crippen LogP contribution in [0.5, 0.6) is 11.5 Å². The van der Waals surface area contributed by atoms with E-state index in [2.05, 4.69) is 34.1 Å². The van der Waals surface area contributed by atoms with Gasteiger partial charge >= 0.3 is 0 Å². The molecule has 1 atom stereocenters. The lowest BCUT2D eigenvalue weighted by molar-refractivity contribution is 0.197. The average Bonchev–Trinajstić information content (AvgIpc) is 2.53. The van der Waals surface area contributed by atoms with Crippen molar-refractivity contribution in [2.45, 2.75) is 25.6 Å². The number of benzene rings is 2. The van der Waals surface area contributed by atoms with E-state index < -0.39 is 0 Å². The van der Waals surface area contributed by atoms with Crippen molar-refractivity contribution < 1.29 is 9.47 Å². The molecular weight excluding hydrogens is 316 g/mol. The summed E-state index contributed by atoms with van der Waals surface area (Å²) in [6.45, 7) is 0.602. The fourth-order valence-corrected chi connectivity index (χ4v) is 2.82. The van der Waals surface area contributed by atoms with Crippen LogP contribution in [0.3, 0.4) is 0 Å². The number of ether oxygens (including phenoxy) is 2. The van der Waals surface area contributed by atoms with Crippen LogP contribution in [0.15, 0.2) is 48.5 Å². The maximum atomic E-state index is 5.90. The van der Waals surface area contributed by atoms with Crippen molar-refractivity contribution in [3.8, 4) is 11.5 Å². The third kappa shape index (κ3) is 3.15. The minimum Gasteiger partial charge on any atom is -0.489 e. The molecule has 0 aliphatic carbocycles. The lowest BCUT2D eigenvalue weighted by atomic mass is 10.0. The van der Waals surface area contributed by atoms with E-state index in [0.29, 0.717) is 12.7 Å². The van der Waals surface area contributed by atoms with Gasteiger partial charge in [0.15, 0.2) is 0 Å². The average molecular weight is 333 g/mol. The number of hydrogen-bond donors (Lipinski definition) is 0. The molecule has 3 heteroatoms. The first-order chi connectivity index (χ1) is 9.85. The van der Waals surface area contributed by atoms with Crippen LogP contribution >= 0.6 is 15.9 Å². The highest BCUT2D eigenvalue weighted by molar-refractivity contribution is 9.09. The quantitative estimate of drug-likeness (QED) is 0.775. The number of alkyl halides is 1. The van der Waals surface area contributed by atoms with Gasteiger partial charge < -0.3 is 9.47 Å². The second-order valence-corrected chi connectivity index (χ2v) is 5.62. The van der Waals surface area contributed by atoms with Crippen molar-refractivity contribution in [1.29, 1.82) is 0 Å². The Morgan fingerprint density at radius 2 is 2.00 bits per heavy atom. The Labute approximate surface area is 127 Å². The molecule has 2 aromatic rings. The maximum absolute atomic E-state index is 5.90. The van der Waals surface area contributed by atoms with Gasteiger partial charge in [0.05, 0.1) is 0 Å². The van der Waals surface area contributed by atoms with Gasteiger partial charge in [-0.25, -0.2) is 0 Å². The van der Waals surface area contributed by atoms with E-state index in [0.717, 1.165) is 29.7 Å². The van der Waals surface area contributed by atoms with Gasteiger partial charge in [0.2, 0.25) is 0 Å². The molecular formula is C17H17BrO2. The predicted molar refractivity (Wildman–Crippen MR) is 83.7 cm³/mol. The first kappa shape index (κ1) is 13.5. The summed E-state index contributed by atoms with van der Waals surface area (Å²) < 4.78 is 11.7. The molecule has 0 saturated carbocycles. The van der Waals surface area contributed by atoms with Crippen LogP contribution in [0, 0.1) is 0 Å². The van der Waals surface area contributed by atoms with E-state index in [1.807, 2.05) is 30.3 Å². The van der Waals surface area contributed by atoms with Crippen molar-refractivity contribution in [3.63, 3.8) is 0 Å². The summed E-state index contributed by atoms with van der Waals surface area (Å²) in [6, 6.07) is 16.3. The Balaban J connectivity index is 1.67. The molecule has 0 saturated heterocycles. The Morgan fingerprint density at radius 3 is 2.80 bits per heavy atom. The van der Waals surface area contributed by atoms with Gasteiger partial charge in [-0.3, -0.25) is 0 Å². The van der Waals surface area contributed by atoms with Gasteiger partial charge in [-0.2, -0.15) is 0 Å². The smallest absolute Gasteiger partial charge is 0.123 e. The van der Waals surface area contributed by atoms with E-state index in [4.69, 9.17) is 9.47 Å². The molecule has 0 spiro atoms. The summed E-state index contributed by atoms with van der Waals surface area (Å²) in [7, 11) is 0. The number of halogens is 1. The van der Waals surface area contributed by atoms with Crippen LogP contribution in [0.25, 0.3) is 0 Å². The standard InChI is InChI=1S/C17H17BrO2/c18-11-16-7-6-14-10-15(8-9-17(14)20-16)19-12-13-4-2-1-3-5-13/h1-5,8-10,16H,6-7,11-12H2/t16-/m0/s1. The molecule has 0 unspecified atom stereocenters. The first-order valence-electron chi connectivity index (χ1n) is 6.87. The van der Waals surface area contributed by atoms with Gasteiger partial charge in [-0.05, 0) is 42.2 Å². The SMILES string of the molecule is BrC[C@@H]1CCc2cc(OCc3ccccc3)ccc2O1. The van der Waals surface area contributed by atoms with Crippen molar-refractivity contribution in [2.75, 3.05) is 5.33 Å². The molecule has 0 bridgehead atoms. The molecule has 20 heavy (non-hydrogen) atoms. The van der Waals surface area contributed by atoms with Crippen molar-refractivity contribution >= 4 is 15.9 Å². The fourth-order valence-electron chi connectivity index (χ4n) is 2.36. The largest absolute Gasteiger partial charge is 0.489 e. The molecule has 0 N–H and O–H groups in total. The number of aryl methyl sites for hydroxylation is 1. The Bertz CT molecular complexity index is 568. The van der Waals surface area contributed by atoms with Crippen LogP contribution < -0.4 is 9.47 Å². The van der Waals surface area contributed by atoms with Gasteiger partial charge in [-0.15, -0.1) is 0 Å². The summed E-state index contributed by atoms with van der Waals surface area (Å²) in [5, 5.41) is 0.888. The van der Waals surface area contributed by atoms with Crippen LogP contribution in [-0.4, -0.2) is 11.4 Å². The Morgan fingerprint density at radius 1 is 1.15 bits per heavy atom. The number of hydrogen-bond acceptors (Lipinski definition) is 2. The highest BCUT2D eigenvalue weighted by Gasteiger charge is 2.19. The summed E-state index contributed by atoms with van der Waals surface area (Å²) in [5.74, 6) is 1.90. The zero-order valence-electron chi connectivity index (χ0n) is 11.2. The van der Waals surface area contributed by atoms with Gasteiger partial charge in [0.1, 0.15) is 24.2 Å². The highest BCUT2D eigenvalue weighted by Crippen LogP contribution is 2.31. The highest BCUT2D eigenvalue weighted by atomic mass is 79.9. The Hall–Kier alpha value is -1.48. The van der Waals surface area contributed by atoms with Crippen LogP contribution in [0.4, 0.5) is 0 Å².